The summed E-state index contributed by atoms with van der Waals surface area (Å²) in [5.74, 6) is -0.0596. The third-order valence-corrected chi connectivity index (χ3v) is 2.23. The van der Waals surface area contributed by atoms with Crippen molar-refractivity contribution in [3.63, 3.8) is 0 Å². The fourth-order valence-electron chi connectivity index (χ4n) is 1.30. The molecule has 1 aromatic rings. The van der Waals surface area contributed by atoms with Crippen LogP contribution < -0.4 is 0 Å². The van der Waals surface area contributed by atoms with Crippen molar-refractivity contribution in [2.45, 2.75) is 0 Å². The molecule has 0 amide bonds. The standard InChI is InChI=1S/C17H16O/c1-3-8-15(4-2)11-13-17(18)14-12-16-9-6-5-7-10-16/h3-14H,1-2H2/b13-11+,14-12+,15-8+. The van der Waals surface area contributed by atoms with Gasteiger partial charge in [0.1, 0.15) is 0 Å². The Kier molecular flexibility index (Phi) is 5.91. The number of hydrogen-bond acceptors (Lipinski definition) is 1. The van der Waals surface area contributed by atoms with Gasteiger partial charge in [0, 0.05) is 0 Å². The quantitative estimate of drug-likeness (QED) is 0.536. The second-order valence-electron chi connectivity index (χ2n) is 3.59. The van der Waals surface area contributed by atoms with Gasteiger partial charge in [0.2, 0.25) is 0 Å². The summed E-state index contributed by atoms with van der Waals surface area (Å²) in [6, 6.07) is 9.70. The van der Waals surface area contributed by atoms with Gasteiger partial charge >= 0.3 is 0 Å². The highest BCUT2D eigenvalue weighted by Gasteiger charge is 1.90. The van der Waals surface area contributed by atoms with Gasteiger partial charge in [-0.05, 0) is 23.3 Å². The van der Waals surface area contributed by atoms with Gasteiger partial charge in [-0.2, -0.15) is 0 Å². The number of carbonyl (C=O) groups is 1. The predicted molar refractivity (Wildman–Crippen MR) is 78.1 cm³/mol. The van der Waals surface area contributed by atoms with Crippen molar-refractivity contribution in [1.29, 1.82) is 0 Å². The van der Waals surface area contributed by atoms with Crippen LogP contribution in [0.3, 0.4) is 0 Å². The fraction of sp³-hybridized carbons (Fsp3) is 0. The Hall–Kier alpha value is -2.41. The first-order chi connectivity index (χ1) is 8.76. The van der Waals surface area contributed by atoms with Crippen molar-refractivity contribution >= 4 is 11.9 Å². The first-order valence-electron chi connectivity index (χ1n) is 5.66. The normalized spacial score (nSPS) is 11.9. The molecule has 0 atom stereocenters. The van der Waals surface area contributed by atoms with E-state index >= 15 is 0 Å². The van der Waals surface area contributed by atoms with Crippen LogP contribution in [0.2, 0.25) is 0 Å². The molecule has 0 aliphatic rings. The van der Waals surface area contributed by atoms with E-state index in [1.165, 1.54) is 6.08 Å². The molecule has 1 aromatic carbocycles. The fourth-order valence-corrected chi connectivity index (χ4v) is 1.30. The van der Waals surface area contributed by atoms with E-state index in [-0.39, 0.29) is 5.78 Å². The zero-order valence-electron chi connectivity index (χ0n) is 10.3. The molecular formula is C17H16O. The number of ketones is 1. The zero-order valence-corrected chi connectivity index (χ0v) is 10.3. The molecule has 0 radical (unpaired) electrons. The first kappa shape index (κ1) is 13.7. The zero-order chi connectivity index (χ0) is 13.2. The molecule has 0 heterocycles. The summed E-state index contributed by atoms with van der Waals surface area (Å²) >= 11 is 0. The third kappa shape index (κ3) is 5.08. The number of benzene rings is 1. The van der Waals surface area contributed by atoms with E-state index in [4.69, 9.17) is 0 Å². The summed E-state index contributed by atoms with van der Waals surface area (Å²) in [5.41, 5.74) is 1.86. The van der Waals surface area contributed by atoms with Gasteiger partial charge in [-0.25, -0.2) is 0 Å². The van der Waals surface area contributed by atoms with Crippen LogP contribution in [0.25, 0.3) is 6.08 Å². The van der Waals surface area contributed by atoms with Gasteiger partial charge in [0.15, 0.2) is 5.78 Å². The largest absolute Gasteiger partial charge is 0.290 e. The van der Waals surface area contributed by atoms with Crippen LogP contribution in [0, 0.1) is 0 Å². The highest BCUT2D eigenvalue weighted by molar-refractivity contribution is 6.02. The maximum Gasteiger partial charge on any atom is 0.178 e. The lowest BCUT2D eigenvalue weighted by atomic mass is 10.1. The Morgan fingerprint density at radius 2 is 1.72 bits per heavy atom. The van der Waals surface area contributed by atoms with Crippen molar-refractivity contribution in [3.8, 4) is 0 Å². The smallest absolute Gasteiger partial charge is 0.178 e. The van der Waals surface area contributed by atoms with Crippen LogP contribution >= 0.6 is 0 Å². The summed E-state index contributed by atoms with van der Waals surface area (Å²) in [5, 5.41) is 0. The molecular weight excluding hydrogens is 220 g/mol. The maximum absolute atomic E-state index is 11.6. The molecule has 0 aromatic heterocycles. The lowest BCUT2D eigenvalue weighted by Gasteiger charge is -1.91. The second-order valence-corrected chi connectivity index (χ2v) is 3.59. The number of carbonyl (C=O) groups excluding carboxylic acids is 1. The van der Waals surface area contributed by atoms with E-state index in [9.17, 15) is 4.79 Å². The van der Waals surface area contributed by atoms with E-state index < -0.39 is 0 Å². The van der Waals surface area contributed by atoms with Gasteiger partial charge < -0.3 is 0 Å². The van der Waals surface area contributed by atoms with Crippen molar-refractivity contribution in [1.82, 2.24) is 0 Å². The van der Waals surface area contributed by atoms with Gasteiger partial charge in [0.05, 0.1) is 0 Å². The third-order valence-electron chi connectivity index (χ3n) is 2.23. The number of rotatable bonds is 6. The Bertz CT molecular complexity index is 502. The summed E-state index contributed by atoms with van der Waals surface area (Å²) in [4.78, 5) is 11.6. The summed E-state index contributed by atoms with van der Waals surface area (Å²) in [6.45, 7) is 7.25. The van der Waals surface area contributed by atoms with E-state index in [1.54, 1.807) is 36.5 Å². The minimum Gasteiger partial charge on any atom is -0.290 e. The van der Waals surface area contributed by atoms with E-state index in [0.717, 1.165) is 11.1 Å². The summed E-state index contributed by atoms with van der Waals surface area (Å²) in [6.07, 6.45) is 11.7. The molecule has 0 saturated carbocycles. The highest BCUT2D eigenvalue weighted by atomic mass is 16.1. The number of allylic oxidation sites excluding steroid dienone is 7. The molecule has 0 aliphatic carbocycles. The van der Waals surface area contributed by atoms with Crippen molar-refractivity contribution in [2.75, 3.05) is 0 Å². The van der Waals surface area contributed by atoms with Crippen LogP contribution in [-0.4, -0.2) is 5.78 Å². The Balaban J connectivity index is 2.64. The van der Waals surface area contributed by atoms with Crippen LogP contribution in [0.1, 0.15) is 5.56 Å². The molecule has 0 N–H and O–H groups in total. The van der Waals surface area contributed by atoms with Gasteiger partial charge in [-0.1, -0.05) is 73.9 Å². The molecule has 0 fully saturated rings. The molecule has 0 aliphatic heterocycles. The van der Waals surface area contributed by atoms with Crippen LogP contribution in [0.15, 0.2) is 85.5 Å². The summed E-state index contributed by atoms with van der Waals surface area (Å²) in [7, 11) is 0. The van der Waals surface area contributed by atoms with Gasteiger partial charge in [0.25, 0.3) is 0 Å². The van der Waals surface area contributed by atoms with E-state index in [2.05, 4.69) is 13.2 Å². The average molecular weight is 236 g/mol. The van der Waals surface area contributed by atoms with Gasteiger partial charge in [-0.15, -0.1) is 0 Å². The Labute approximate surface area is 108 Å². The molecule has 0 bridgehead atoms. The minimum atomic E-state index is -0.0596. The van der Waals surface area contributed by atoms with Crippen molar-refractivity contribution < 1.29 is 4.79 Å². The molecule has 0 spiro atoms. The molecule has 18 heavy (non-hydrogen) atoms. The molecule has 1 heteroatoms. The first-order valence-corrected chi connectivity index (χ1v) is 5.66. The lowest BCUT2D eigenvalue weighted by Crippen LogP contribution is -1.85. The minimum absolute atomic E-state index is 0.0596. The SMILES string of the molecule is C=C/C=C(C=C)/C=C/C(=O)/C=C/c1ccccc1. The molecule has 0 unspecified atom stereocenters. The second kappa shape index (κ2) is 7.80. The van der Waals surface area contributed by atoms with Crippen LogP contribution in [-0.2, 0) is 4.79 Å². The van der Waals surface area contributed by atoms with Crippen molar-refractivity contribution in [2.24, 2.45) is 0 Å². The van der Waals surface area contributed by atoms with E-state index in [0.29, 0.717) is 0 Å². The highest BCUT2D eigenvalue weighted by Crippen LogP contribution is 2.02. The summed E-state index contributed by atoms with van der Waals surface area (Å²) < 4.78 is 0. The van der Waals surface area contributed by atoms with E-state index in [1.807, 2.05) is 30.3 Å². The molecule has 1 nitrogen and oxygen atoms in total. The number of hydrogen-bond donors (Lipinski definition) is 0. The average Bonchev–Trinajstić information content (AvgIpc) is 2.42. The predicted octanol–water partition coefficient (Wildman–Crippen LogP) is 4.12. The lowest BCUT2D eigenvalue weighted by molar-refractivity contribution is -0.110. The van der Waals surface area contributed by atoms with Crippen LogP contribution in [0.5, 0.6) is 0 Å². The topological polar surface area (TPSA) is 17.1 Å². The van der Waals surface area contributed by atoms with Crippen LogP contribution in [0.4, 0.5) is 0 Å². The molecule has 1 rings (SSSR count). The maximum atomic E-state index is 11.6. The monoisotopic (exact) mass is 236 g/mol. The van der Waals surface area contributed by atoms with Crippen molar-refractivity contribution in [3.05, 3.63) is 91.1 Å². The Morgan fingerprint density at radius 1 is 1.00 bits per heavy atom. The molecule has 90 valence electrons. The Morgan fingerprint density at radius 3 is 2.33 bits per heavy atom. The molecule has 0 saturated heterocycles. The van der Waals surface area contributed by atoms with Gasteiger partial charge in [-0.3, -0.25) is 4.79 Å².